The molecule has 0 fully saturated rings. The van der Waals surface area contributed by atoms with Crippen LogP contribution in [0, 0.1) is 13.8 Å². The van der Waals surface area contributed by atoms with Crippen LogP contribution in [0.15, 0.2) is 66.7 Å². The lowest BCUT2D eigenvalue weighted by atomic mass is 10.1. The summed E-state index contributed by atoms with van der Waals surface area (Å²) in [4.78, 5) is 36.0. The van der Waals surface area contributed by atoms with Crippen molar-refractivity contribution in [1.29, 1.82) is 0 Å². The van der Waals surface area contributed by atoms with Crippen molar-refractivity contribution < 1.29 is 23.9 Å². The minimum Gasteiger partial charge on any atom is -0.457 e. The molecule has 0 aliphatic rings. The zero-order valence-electron chi connectivity index (χ0n) is 19.6. The van der Waals surface area contributed by atoms with Crippen molar-refractivity contribution in [2.24, 2.45) is 0 Å². The molecule has 0 saturated carbocycles. The maximum Gasteiger partial charge on any atom is 0.306 e. The van der Waals surface area contributed by atoms with E-state index >= 15 is 0 Å². The average Bonchev–Trinajstić information content (AvgIpc) is 2.83. The first-order valence-corrected chi connectivity index (χ1v) is 11.5. The third-order valence-electron chi connectivity index (χ3n) is 5.13. The second kappa shape index (κ2) is 12.6. The van der Waals surface area contributed by atoms with Crippen molar-refractivity contribution in [3.8, 4) is 11.5 Å². The van der Waals surface area contributed by atoms with Gasteiger partial charge in [-0.05, 0) is 92.1 Å². The molecule has 3 aromatic carbocycles. The van der Waals surface area contributed by atoms with Gasteiger partial charge in [0, 0.05) is 29.2 Å². The van der Waals surface area contributed by atoms with Crippen LogP contribution in [0.5, 0.6) is 11.5 Å². The Kier molecular flexibility index (Phi) is 9.26. The Balaban J connectivity index is 1.32. The van der Waals surface area contributed by atoms with E-state index in [0.29, 0.717) is 34.3 Å². The molecule has 3 aromatic rings. The van der Waals surface area contributed by atoms with Gasteiger partial charge in [0.2, 0.25) is 5.91 Å². The first-order chi connectivity index (χ1) is 16.8. The van der Waals surface area contributed by atoms with E-state index in [4.69, 9.17) is 21.1 Å². The quantitative estimate of drug-likeness (QED) is 0.335. The monoisotopic (exact) mass is 494 g/mol. The number of hydrogen-bond donors (Lipinski definition) is 2. The maximum absolute atomic E-state index is 12.2. The molecular formula is C27H27ClN2O5. The number of nitrogens with one attached hydrogen (secondary N) is 2. The van der Waals surface area contributed by atoms with Gasteiger partial charge in [-0.15, -0.1) is 0 Å². The highest BCUT2D eigenvalue weighted by molar-refractivity contribution is 6.30. The van der Waals surface area contributed by atoms with Gasteiger partial charge in [-0.2, -0.15) is 0 Å². The first-order valence-electron chi connectivity index (χ1n) is 11.1. The molecule has 35 heavy (non-hydrogen) atoms. The Morgan fingerprint density at radius 2 is 1.34 bits per heavy atom. The second-order valence-corrected chi connectivity index (χ2v) is 8.43. The molecule has 0 heterocycles. The van der Waals surface area contributed by atoms with E-state index in [2.05, 4.69) is 10.6 Å². The number of hydrogen-bond acceptors (Lipinski definition) is 5. The molecule has 8 heteroatoms. The number of benzene rings is 3. The third-order valence-corrected chi connectivity index (χ3v) is 5.38. The van der Waals surface area contributed by atoms with Gasteiger partial charge < -0.3 is 20.1 Å². The van der Waals surface area contributed by atoms with Crippen LogP contribution in [0.1, 0.15) is 30.4 Å². The molecular weight excluding hydrogens is 468 g/mol. The number of anilines is 2. The van der Waals surface area contributed by atoms with Gasteiger partial charge in [0.25, 0.3) is 5.91 Å². The minimum absolute atomic E-state index is 0.0399. The van der Waals surface area contributed by atoms with Gasteiger partial charge in [-0.3, -0.25) is 14.4 Å². The number of halogens is 1. The topological polar surface area (TPSA) is 93.7 Å². The standard InChI is InChI=1S/C27H27ClN2O5/c1-18-6-9-22(16-19(18)2)30-26(32)17-34-27(33)5-3-4-25(31)29-21-10-14-24(15-11-21)35-23-12-7-20(28)8-13-23/h6-16H,3-5,17H2,1-2H3,(H,29,31)(H,30,32). The summed E-state index contributed by atoms with van der Waals surface area (Å²) in [7, 11) is 0. The lowest BCUT2D eigenvalue weighted by Gasteiger charge is -2.09. The summed E-state index contributed by atoms with van der Waals surface area (Å²) >= 11 is 5.86. The molecule has 7 nitrogen and oxygen atoms in total. The average molecular weight is 495 g/mol. The van der Waals surface area contributed by atoms with E-state index in [1.165, 1.54) is 0 Å². The predicted octanol–water partition coefficient (Wildman–Crippen LogP) is 6.04. The second-order valence-electron chi connectivity index (χ2n) is 7.99. The van der Waals surface area contributed by atoms with Crippen LogP contribution in [0.4, 0.5) is 11.4 Å². The minimum atomic E-state index is -0.531. The van der Waals surface area contributed by atoms with Gasteiger partial charge in [-0.25, -0.2) is 0 Å². The van der Waals surface area contributed by atoms with Gasteiger partial charge in [-0.1, -0.05) is 17.7 Å². The summed E-state index contributed by atoms with van der Waals surface area (Å²) in [5.74, 6) is 0.103. The fourth-order valence-electron chi connectivity index (χ4n) is 3.10. The van der Waals surface area contributed by atoms with Gasteiger partial charge in [0.15, 0.2) is 6.61 Å². The number of esters is 1. The molecule has 0 saturated heterocycles. The SMILES string of the molecule is Cc1ccc(NC(=O)COC(=O)CCCC(=O)Nc2ccc(Oc3ccc(Cl)cc3)cc2)cc1C. The number of aryl methyl sites for hydroxylation is 2. The molecule has 0 aliphatic carbocycles. The Bertz CT molecular complexity index is 1180. The Morgan fingerprint density at radius 1 is 0.743 bits per heavy atom. The lowest BCUT2D eigenvalue weighted by Crippen LogP contribution is -2.21. The van der Waals surface area contributed by atoms with Crippen molar-refractivity contribution >= 4 is 40.8 Å². The molecule has 0 aromatic heterocycles. The van der Waals surface area contributed by atoms with Crippen molar-refractivity contribution in [2.45, 2.75) is 33.1 Å². The number of rotatable bonds is 10. The molecule has 0 radical (unpaired) electrons. The number of amides is 2. The van der Waals surface area contributed by atoms with Crippen molar-refractivity contribution in [2.75, 3.05) is 17.2 Å². The zero-order chi connectivity index (χ0) is 25.2. The van der Waals surface area contributed by atoms with Crippen molar-refractivity contribution in [1.82, 2.24) is 0 Å². The summed E-state index contributed by atoms with van der Waals surface area (Å²) in [6, 6.07) is 19.5. The highest BCUT2D eigenvalue weighted by atomic mass is 35.5. The van der Waals surface area contributed by atoms with Crippen LogP contribution in [-0.4, -0.2) is 24.4 Å². The highest BCUT2D eigenvalue weighted by Gasteiger charge is 2.10. The molecule has 2 N–H and O–H groups in total. The van der Waals surface area contributed by atoms with Gasteiger partial charge >= 0.3 is 5.97 Å². The molecule has 182 valence electrons. The zero-order valence-corrected chi connectivity index (χ0v) is 20.4. The lowest BCUT2D eigenvalue weighted by molar-refractivity contribution is -0.147. The molecule has 0 atom stereocenters. The van der Waals surface area contributed by atoms with E-state index in [9.17, 15) is 14.4 Å². The molecule has 0 bridgehead atoms. The smallest absolute Gasteiger partial charge is 0.306 e. The van der Waals surface area contributed by atoms with E-state index in [0.717, 1.165) is 11.1 Å². The Labute approximate surface area is 209 Å². The van der Waals surface area contributed by atoms with Gasteiger partial charge in [0.05, 0.1) is 0 Å². The summed E-state index contributed by atoms with van der Waals surface area (Å²) in [6.45, 7) is 3.56. The fourth-order valence-corrected chi connectivity index (χ4v) is 3.22. The molecule has 0 aliphatic heterocycles. The van der Waals surface area contributed by atoms with E-state index < -0.39 is 11.9 Å². The van der Waals surface area contributed by atoms with Gasteiger partial charge in [0.1, 0.15) is 11.5 Å². The van der Waals surface area contributed by atoms with Crippen LogP contribution < -0.4 is 15.4 Å². The highest BCUT2D eigenvalue weighted by Crippen LogP contribution is 2.24. The normalized spacial score (nSPS) is 10.4. The summed E-state index contributed by atoms with van der Waals surface area (Å²) in [6.07, 6.45) is 0.492. The summed E-state index contributed by atoms with van der Waals surface area (Å²) < 4.78 is 10.7. The fraction of sp³-hybridized carbons (Fsp3) is 0.222. The predicted molar refractivity (Wildman–Crippen MR) is 136 cm³/mol. The Hall–Kier alpha value is -3.84. The Morgan fingerprint density at radius 3 is 2.00 bits per heavy atom. The number of ether oxygens (including phenoxy) is 2. The largest absolute Gasteiger partial charge is 0.457 e. The van der Waals surface area contributed by atoms with E-state index in [1.54, 1.807) is 54.6 Å². The third kappa shape index (κ3) is 8.79. The number of carbonyl (C=O) groups excluding carboxylic acids is 3. The molecule has 0 spiro atoms. The van der Waals surface area contributed by atoms with E-state index in [-0.39, 0.29) is 25.4 Å². The van der Waals surface area contributed by atoms with Crippen LogP contribution in [0.3, 0.4) is 0 Å². The first kappa shape index (κ1) is 25.8. The van der Waals surface area contributed by atoms with E-state index in [1.807, 2.05) is 26.0 Å². The van der Waals surface area contributed by atoms with Crippen LogP contribution in [0.25, 0.3) is 0 Å². The van der Waals surface area contributed by atoms with Crippen molar-refractivity contribution in [3.63, 3.8) is 0 Å². The summed E-state index contributed by atoms with van der Waals surface area (Å²) in [5.41, 5.74) is 3.44. The maximum atomic E-state index is 12.2. The van der Waals surface area contributed by atoms with Crippen LogP contribution in [0.2, 0.25) is 5.02 Å². The molecule has 0 unspecified atom stereocenters. The van der Waals surface area contributed by atoms with Crippen LogP contribution in [-0.2, 0) is 19.1 Å². The van der Waals surface area contributed by atoms with Crippen LogP contribution >= 0.6 is 11.6 Å². The molecule has 3 rings (SSSR count). The molecule has 2 amide bonds. The number of carbonyl (C=O) groups is 3. The summed E-state index contributed by atoms with van der Waals surface area (Å²) in [5, 5.41) is 6.09. The van der Waals surface area contributed by atoms with Crippen molar-refractivity contribution in [3.05, 3.63) is 82.9 Å².